The van der Waals surface area contributed by atoms with Gasteiger partial charge in [0, 0.05) is 0 Å². The highest BCUT2D eigenvalue weighted by atomic mass is 14.5. The molecule has 4 aromatic carbocycles. The van der Waals surface area contributed by atoms with Gasteiger partial charge < -0.3 is 0 Å². The van der Waals surface area contributed by atoms with Crippen molar-refractivity contribution in [3.63, 3.8) is 0 Å². The molecular weight excluding hydrogens is 396 g/mol. The molecule has 0 nitrogen and oxygen atoms in total. The normalized spacial score (nSPS) is 17.2. The summed E-state index contributed by atoms with van der Waals surface area (Å²) in [6.07, 6.45) is 8.24. The lowest BCUT2D eigenvalue weighted by atomic mass is 9.67. The summed E-state index contributed by atoms with van der Waals surface area (Å²) in [5.74, 6) is 0. The number of hydrogen-bond donors (Lipinski definition) is 0. The summed E-state index contributed by atoms with van der Waals surface area (Å²) < 4.78 is 0. The van der Waals surface area contributed by atoms with Crippen LogP contribution in [-0.4, -0.2) is 0 Å². The molecule has 0 radical (unpaired) electrons. The van der Waals surface area contributed by atoms with Crippen LogP contribution in [0.2, 0.25) is 0 Å². The Balaban J connectivity index is 1.81. The van der Waals surface area contributed by atoms with Crippen LogP contribution >= 0.6 is 0 Å². The van der Waals surface area contributed by atoms with E-state index in [1.165, 1.54) is 49.7 Å². The van der Waals surface area contributed by atoms with E-state index in [1.54, 1.807) is 0 Å². The molecule has 1 aliphatic rings. The molecule has 0 amide bonds. The predicted molar refractivity (Wildman–Crippen MR) is 144 cm³/mol. The van der Waals surface area contributed by atoms with E-state index in [0.29, 0.717) is 0 Å². The van der Waals surface area contributed by atoms with Crippen molar-refractivity contribution in [3.8, 4) is 22.3 Å². The van der Waals surface area contributed by atoms with E-state index in [9.17, 15) is 0 Å². The van der Waals surface area contributed by atoms with Gasteiger partial charge in [0.15, 0.2) is 0 Å². The molecule has 1 aliphatic carbocycles. The fraction of sp³-hybridized carbons (Fsp3) is 0.0909. The standard InChI is InChI=1S/C33H28/c1-5-11-23(3)33(24(4)12-6-2)31-16-10-9-15-29(31)30-20-19-28(22-32(30)33)27-18-17-25-13-7-8-14-26(25)21-27/h5-22H,1,4H2,2-3H3. The van der Waals surface area contributed by atoms with Gasteiger partial charge in [0.1, 0.15) is 0 Å². The lowest BCUT2D eigenvalue weighted by Gasteiger charge is -2.35. The fourth-order valence-electron chi connectivity index (χ4n) is 5.48. The van der Waals surface area contributed by atoms with Crippen molar-refractivity contribution in [1.82, 2.24) is 0 Å². The van der Waals surface area contributed by atoms with Gasteiger partial charge in [0.2, 0.25) is 0 Å². The summed E-state index contributed by atoms with van der Waals surface area (Å²) in [5, 5.41) is 2.52. The smallest absolute Gasteiger partial charge is 0.0668 e. The molecule has 1 atom stereocenters. The Morgan fingerprint density at radius 1 is 0.758 bits per heavy atom. The van der Waals surface area contributed by atoms with E-state index in [4.69, 9.17) is 0 Å². The first kappa shape index (κ1) is 21.0. The zero-order chi connectivity index (χ0) is 23.0. The topological polar surface area (TPSA) is 0 Å². The second-order valence-corrected chi connectivity index (χ2v) is 8.73. The average Bonchev–Trinajstić information content (AvgIpc) is 3.15. The Bertz CT molecular complexity index is 1460. The van der Waals surface area contributed by atoms with E-state index in [0.717, 1.165) is 5.57 Å². The quantitative estimate of drug-likeness (QED) is 0.280. The molecule has 0 aliphatic heterocycles. The third-order valence-corrected chi connectivity index (χ3v) is 6.94. The monoisotopic (exact) mass is 424 g/mol. The van der Waals surface area contributed by atoms with Gasteiger partial charge in [-0.3, -0.25) is 0 Å². The Morgan fingerprint density at radius 3 is 2.21 bits per heavy atom. The molecule has 0 aromatic heterocycles. The molecule has 0 bridgehead atoms. The number of fused-ring (bicyclic) bond motifs is 4. The highest BCUT2D eigenvalue weighted by molar-refractivity contribution is 5.91. The largest absolute Gasteiger partial charge is 0.0991 e. The van der Waals surface area contributed by atoms with Crippen molar-refractivity contribution in [2.45, 2.75) is 19.3 Å². The molecule has 5 rings (SSSR count). The van der Waals surface area contributed by atoms with Crippen LogP contribution in [0, 0.1) is 0 Å². The Labute approximate surface area is 196 Å². The van der Waals surface area contributed by atoms with E-state index in [2.05, 4.69) is 130 Å². The fourth-order valence-corrected chi connectivity index (χ4v) is 5.48. The molecule has 0 heterocycles. The van der Waals surface area contributed by atoms with E-state index in [-0.39, 0.29) is 0 Å². The molecule has 1 unspecified atom stereocenters. The summed E-state index contributed by atoms with van der Waals surface area (Å²) in [5.41, 5.74) is 9.45. The zero-order valence-electron chi connectivity index (χ0n) is 19.3. The Morgan fingerprint density at radius 2 is 1.42 bits per heavy atom. The lowest BCUT2D eigenvalue weighted by Crippen LogP contribution is -2.28. The molecule has 0 fully saturated rings. The van der Waals surface area contributed by atoms with Crippen molar-refractivity contribution in [1.29, 1.82) is 0 Å². The van der Waals surface area contributed by atoms with Crippen LogP contribution < -0.4 is 0 Å². The predicted octanol–water partition coefficient (Wildman–Crippen LogP) is 9.04. The first-order valence-corrected chi connectivity index (χ1v) is 11.5. The SMILES string of the molecule is C=CC=C(C)C1(C(=C)C=CC)c2ccccc2-c2ccc(-c3ccc4ccccc4c3)cc21. The summed E-state index contributed by atoms with van der Waals surface area (Å²) in [6.45, 7) is 12.8. The molecule has 0 N–H and O–H groups in total. The minimum Gasteiger partial charge on any atom is -0.0991 e. The van der Waals surface area contributed by atoms with Crippen LogP contribution in [0.15, 0.2) is 134 Å². The number of rotatable bonds is 5. The van der Waals surface area contributed by atoms with Crippen molar-refractivity contribution in [2.75, 3.05) is 0 Å². The van der Waals surface area contributed by atoms with Gasteiger partial charge in [0.25, 0.3) is 0 Å². The van der Waals surface area contributed by atoms with Gasteiger partial charge in [-0.1, -0.05) is 116 Å². The Hall–Kier alpha value is -3.90. The van der Waals surface area contributed by atoms with E-state index >= 15 is 0 Å². The number of hydrogen-bond acceptors (Lipinski definition) is 0. The summed E-state index contributed by atoms with van der Waals surface area (Å²) in [7, 11) is 0. The van der Waals surface area contributed by atoms with Crippen LogP contribution in [0.25, 0.3) is 33.0 Å². The number of allylic oxidation sites excluding steroid dienone is 6. The maximum Gasteiger partial charge on any atom is 0.0668 e. The molecular formula is C33H28. The summed E-state index contributed by atoms with van der Waals surface area (Å²) >= 11 is 0. The maximum atomic E-state index is 4.58. The van der Waals surface area contributed by atoms with Crippen LogP contribution in [-0.2, 0) is 5.41 Å². The summed E-state index contributed by atoms with van der Waals surface area (Å²) in [6, 6.07) is 30.9. The molecule has 0 spiro atoms. The minimum atomic E-state index is -0.417. The Kier molecular flexibility index (Phi) is 5.23. The molecule has 160 valence electrons. The minimum absolute atomic E-state index is 0.417. The second-order valence-electron chi connectivity index (χ2n) is 8.73. The van der Waals surface area contributed by atoms with Gasteiger partial charge >= 0.3 is 0 Å². The van der Waals surface area contributed by atoms with Crippen molar-refractivity contribution < 1.29 is 0 Å². The third kappa shape index (κ3) is 3.14. The van der Waals surface area contributed by atoms with Crippen LogP contribution in [0.1, 0.15) is 25.0 Å². The maximum absolute atomic E-state index is 4.58. The van der Waals surface area contributed by atoms with Gasteiger partial charge in [0.05, 0.1) is 5.41 Å². The van der Waals surface area contributed by atoms with Crippen LogP contribution in [0.5, 0.6) is 0 Å². The van der Waals surface area contributed by atoms with Crippen molar-refractivity contribution in [2.24, 2.45) is 0 Å². The summed E-state index contributed by atoms with van der Waals surface area (Å²) in [4.78, 5) is 0. The van der Waals surface area contributed by atoms with E-state index in [1.807, 2.05) is 6.08 Å². The molecule has 0 heteroatoms. The van der Waals surface area contributed by atoms with Crippen LogP contribution in [0.4, 0.5) is 0 Å². The number of benzene rings is 4. The lowest BCUT2D eigenvalue weighted by molar-refractivity contribution is 0.748. The van der Waals surface area contributed by atoms with Crippen molar-refractivity contribution >= 4 is 10.8 Å². The third-order valence-electron chi connectivity index (χ3n) is 6.94. The van der Waals surface area contributed by atoms with Gasteiger partial charge in [-0.05, 0) is 75.7 Å². The molecule has 33 heavy (non-hydrogen) atoms. The second kappa shape index (κ2) is 8.22. The van der Waals surface area contributed by atoms with E-state index < -0.39 is 5.41 Å². The zero-order valence-corrected chi connectivity index (χ0v) is 19.3. The van der Waals surface area contributed by atoms with Gasteiger partial charge in [-0.2, -0.15) is 0 Å². The molecule has 0 saturated carbocycles. The average molecular weight is 425 g/mol. The van der Waals surface area contributed by atoms with Gasteiger partial charge in [-0.25, -0.2) is 0 Å². The first-order valence-electron chi connectivity index (χ1n) is 11.5. The molecule has 0 saturated heterocycles. The first-order chi connectivity index (χ1) is 16.1. The van der Waals surface area contributed by atoms with Gasteiger partial charge in [-0.15, -0.1) is 0 Å². The molecule has 4 aromatic rings. The van der Waals surface area contributed by atoms with Crippen LogP contribution in [0.3, 0.4) is 0 Å². The highest BCUT2D eigenvalue weighted by Crippen LogP contribution is 2.57. The highest BCUT2D eigenvalue weighted by Gasteiger charge is 2.45. The van der Waals surface area contributed by atoms with Crippen molar-refractivity contribution in [3.05, 3.63) is 145 Å².